The lowest BCUT2D eigenvalue weighted by molar-refractivity contribution is -0.135. The summed E-state index contributed by atoms with van der Waals surface area (Å²) >= 11 is 0. The van der Waals surface area contributed by atoms with Gasteiger partial charge >= 0.3 is 0 Å². The third-order valence-electron chi connectivity index (χ3n) is 6.28. The monoisotopic (exact) mass is 429 g/mol. The van der Waals surface area contributed by atoms with Crippen LogP contribution in [0.4, 0.5) is 0 Å². The molecule has 1 saturated carbocycles. The highest BCUT2D eigenvalue weighted by Gasteiger charge is 2.51. The van der Waals surface area contributed by atoms with E-state index in [2.05, 4.69) is 0 Å². The van der Waals surface area contributed by atoms with Crippen molar-refractivity contribution < 1.29 is 28.5 Å². The van der Waals surface area contributed by atoms with Crippen molar-refractivity contribution in [3.05, 3.63) is 35.1 Å². The lowest BCUT2D eigenvalue weighted by atomic mass is 9.77. The molecule has 0 aromatic heterocycles. The first-order chi connectivity index (χ1) is 15.1. The van der Waals surface area contributed by atoms with E-state index in [1.807, 2.05) is 32.0 Å². The summed E-state index contributed by atoms with van der Waals surface area (Å²) in [5.74, 6) is 1.13. The molecule has 0 N–H and O–H groups in total. The number of rotatable bonds is 8. The van der Waals surface area contributed by atoms with E-state index in [0.29, 0.717) is 43.4 Å². The molecular formula is C24H31NO6. The van der Waals surface area contributed by atoms with Gasteiger partial charge in [-0.05, 0) is 50.8 Å². The van der Waals surface area contributed by atoms with Crippen molar-refractivity contribution in [1.82, 2.24) is 4.90 Å². The summed E-state index contributed by atoms with van der Waals surface area (Å²) in [5, 5.41) is 0. The van der Waals surface area contributed by atoms with Crippen molar-refractivity contribution in [3.8, 4) is 11.5 Å². The van der Waals surface area contributed by atoms with Crippen LogP contribution in [0.2, 0.25) is 0 Å². The number of ketones is 1. The Hall–Kier alpha value is -2.54. The number of fused-ring (bicyclic) bond motifs is 1. The maximum atomic E-state index is 13.6. The summed E-state index contributed by atoms with van der Waals surface area (Å²) in [6.45, 7) is 5.58. The van der Waals surface area contributed by atoms with Gasteiger partial charge < -0.3 is 23.8 Å². The molecular weight excluding hydrogens is 398 g/mol. The van der Waals surface area contributed by atoms with Crippen molar-refractivity contribution in [3.63, 3.8) is 0 Å². The molecule has 3 aliphatic rings. The van der Waals surface area contributed by atoms with E-state index in [4.69, 9.17) is 18.9 Å². The van der Waals surface area contributed by atoms with Crippen molar-refractivity contribution in [2.75, 3.05) is 33.5 Å². The molecule has 2 aliphatic heterocycles. The smallest absolute Gasteiger partial charge is 0.290 e. The van der Waals surface area contributed by atoms with E-state index in [0.717, 1.165) is 31.2 Å². The van der Waals surface area contributed by atoms with Gasteiger partial charge in [0.1, 0.15) is 6.10 Å². The number of nitrogens with zero attached hydrogens (tertiary/aromatic N) is 1. The molecule has 0 saturated heterocycles. The molecule has 7 nitrogen and oxygen atoms in total. The molecule has 1 amide bonds. The first-order valence-electron chi connectivity index (χ1n) is 11.2. The number of methoxy groups -OCH3 is 1. The predicted octanol–water partition coefficient (Wildman–Crippen LogP) is 3.43. The zero-order chi connectivity index (χ0) is 22.0. The average Bonchev–Trinajstić information content (AvgIpc) is 3.06. The molecule has 0 radical (unpaired) electrons. The summed E-state index contributed by atoms with van der Waals surface area (Å²) in [6.07, 6.45) is 3.49. The second-order valence-electron chi connectivity index (χ2n) is 8.12. The van der Waals surface area contributed by atoms with Gasteiger partial charge in [0.05, 0.1) is 37.4 Å². The fraction of sp³-hybridized carbons (Fsp3) is 0.583. The number of ether oxygens (including phenoxy) is 4. The molecule has 1 aromatic carbocycles. The number of hydrogen-bond acceptors (Lipinski definition) is 6. The highest BCUT2D eigenvalue weighted by atomic mass is 16.5. The van der Waals surface area contributed by atoms with Crippen LogP contribution >= 0.6 is 0 Å². The number of benzene rings is 1. The third kappa shape index (κ3) is 3.91. The van der Waals surface area contributed by atoms with E-state index in [9.17, 15) is 9.59 Å². The van der Waals surface area contributed by atoms with Gasteiger partial charge in [0.15, 0.2) is 23.0 Å². The van der Waals surface area contributed by atoms with Crippen LogP contribution in [-0.4, -0.2) is 56.2 Å². The van der Waals surface area contributed by atoms with E-state index in [1.54, 1.807) is 12.0 Å². The van der Waals surface area contributed by atoms with Crippen LogP contribution in [0, 0.1) is 5.92 Å². The van der Waals surface area contributed by atoms with Crippen molar-refractivity contribution in [1.29, 1.82) is 0 Å². The Morgan fingerprint density at radius 3 is 2.55 bits per heavy atom. The van der Waals surface area contributed by atoms with Gasteiger partial charge in [-0.3, -0.25) is 9.59 Å². The fourth-order valence-electron chi connectivity index (χ4n) is 4.90. The topological polar surface area (TPSA) is 74.3 Å². The minimum atomic E-state index is -0.511. The van der Waals surface area contributed by atoms with Gasteiger partial charge in [-0.2, -0.15) is 0 Å². The first kappa shape index (κ1) is 21.7. The Morgan fingerprint density at radius 2 is 1.81 bits per heavy atom. The van der Waals surface area contributed by atoms with Gasteiger partial charge in [0, 0.05) is 13.7 Å². The zero-order valence-electron chi connectivity index (χ0n) is 18.5. The van der Waals surface area contributed by atoms with E-state index < -0.39 is 6.04 Å². The molecule has 1 fully saturated rings. The summed E-state index contributed by atoms with van der Waals surface area (Å²) in [7, 11) is 1.60. The molecule has 0 spiro atoms. The molecule has 1 aromatic rings. The van der Waals surface area contributed by atoms with E-state index in [-0.39, 0.29) is 29.5 Å². The van der Waals surface area contributed by atoms with Crippen molar-refractivity contribution in [2.45, 2.75) is 51.7 Å². The molecule has 31 heavy (non-hydrogen) atoms. The van der Waals surface area contributed by atoms with Crippen LogP contribution in [0.15, 0.2) is 29.5 Å². The summed E-state index contributed by atoms with van der Waals surface area (Å²) in [5.41, 5.74) is 1.29. The molecule has 0 bridgehead atoms. The van der Waals surface area contributed by atoms with Crippen molar-refractivity contribution >= 4 is 11.7 Å². The quantitative estimate of drug-likeness (QED) is 0.630. The normalized spacial score (nSPS) is 25.3. The highest BCUT2D eigenvalue weighted by Crippen LogP contribution is 2.47. The molecule has 3 unspecified atom stereocenters. The number of carbonyl (C=O) groups excluding carboxylic acids is 2. The van der Waals surface area contributed by atoms with Crippen molar-refractivity contribution in [2.24, 2.45) is 5.92 Å². The fourth-order valence-corrected chi connectivity index (χ4v) is 4.90. The predicted molar refractivity (Wildman–Crippen MR) is 114 cm³/mol. The molecule has 2 heterocycles. The number of hydrogen-bond donors (Lipinski definition) is 0. The lowest BCUT2D eigenvalue weighted by Gasteiger charge is -2.35. The Bertz CT molecular complexity index is 879. The third-order valence-corrected chi connectivity index (χ3v) is 6.28. The molecule has 4 rings (SSSR count). The second kappa shape index (κ2) is 9.30. The number of amides is 1. The Labute approximate surface area is 183 Å². The van der Waals surface area contributed by atoms with Crippen LogP contribution in [-0.2, 0) is 19.1 Å². The van der Waals surface area contributed by atoms with Crippen LogP contribution < -0.4 is 9.47 Å². The van der Waals surface area contributed by atoms with Crippen LogP contribution in [0.1, 0.15) is 51.1 Å². The second-order valence-corrected chi connectivity index (χ2v) is 8.12. The molecule has 1 aliphatic carbocycles. The largest absolute Gasteiger partial charge is 0.490 e. The summed E-state index contributed by atoms with van der Waals surface area (Å²) in [4.78, 5) is 28.6. The first-order valence-corrected chi connectivity index (χ1v) is 11.2. The number of carbonyl (C=O) groups is 2. The minimum Gasteiger partial charge on any atom is -0.490 e. The lowest BCUT2D eigenvalue weighted by Crippen LogP contribution is -2.39. The van der Waals surface area contributed by atoms with Gasteiger partial charge in [0.2, 0.25) is 0 Å². The standard InChI is InChI=1S/C24H31NO6/c1-4-29-18-11-10-15(14-19(18)30-5-2)21-20-22(26)16-8-6-7-9-17(16)31-23(20)24(27)25(21)12-13-28-3/h10-11,14,16-17,21H,4-9,12-13H2,1-3H3. The minimum absolute atomic E-state index is 0.0519. The van der Waals surface area contributed by atoms with E-state index >= 15 is 0 Å². The SMILES string of the molecule is CCOc1ccc(C2C3=C(OC4CCCCC4C3=O)C(=O)N2CCOC)cc1OCC. The summed E-state index contributed by atoms with van der Waals surface area (Å²) < 4.78 is 22.9. The zero-order valence-corrected chi connectivity index (χ0v) is 18.5. The van der Waals surface area contributed by atoms with Crippen LogP contribution in [0.25, 0.3) is 0 Å². The molecule has 168 valence electrons. The molecule has 3 atom stereocenters. The van der Waals surface area contributed by atoms with Crippen LogP contribution in [0.3, 0.4) is 0 Å². The van der Waals surface area contributed by atoms with Gasteiger partial charge in [0.25, 0.3) is 5.91 Å². The number of Topliss-reactive ketones (excluding diaryl/α,β-unsaturated/α-hetero) is 1. The van der Waals surface area contributed by atoms with Crippen LogP contribution in [0.5, 0.6) is 11.5 Å². The molecule has 7 heteroatoms. The average molecular weight is 430 g/mol. The maximum absolute atomic E-state index is 13.6. The Balaban J connectivity index is 1.77. The summed E-state index contributed by atoms with van der Waals surface area (Å²) in [6, 6.07) is 5.12. The van der Waals surface area contributed by atoms with Gasteiger partial charge in [-0.1, -0.05) is 12.5 Å². The van der Waals surface area contributed by atoms with Gasteiger partial charge in [-0.15, -0.1) is 0 Å². The Morgan fingerprint density at radius 1 is 1.06 bits per heavy atom. The Kier molecular flexibility index (Phi) is 6.51. The van der Waals surface area contributed by atoms with Gasteiger partial charge in [-0.25, -0.2) is 0 Å². The highest BCUT2D eigenvalue weighted by molar-refractivity contribution is 6.11. The maximum Gasteiger partial charge on any atom is 0.290 e. The van der Waals surface area contributed by atoms with E-state index in [1.165, 1.54) is 0 Å².